The number of carboxylic acids is 1. The zero-order valence-corrected chi connectivity index (χ0v) is 10.9. The van der Waals surface area contributed by atoms with Crippen molar-refractivity contribution in [3.63, 3.8) is 0 Å². The molecule has 6 nitrogen and oxygen atoms in total. The number of carbonyl (C=O) groups is 1. The lowest BCUT2D eigenvalue weighted by Gasteiger charge is -2.27. The second-order valence-electron chi connectivity index (χ2n) is 4.52. The van der Waals surface area contributed by atoms with Crippen molar-refractivity contribution in [3.05, 3.63) is 5.82 Å². The smallest absolute Gasteiger partial charge is 0.313 e. The highest BCUT2D eigenvalue weighted by molar-refractivity contribution is 7.99. The molecule has 2 rings (SSSR count). The Morgan fingerprint density at radius 3 is 2.68 bits per heavy atom. The van der Waals surface area contributed by atoms with Crippen LogP contribution in [0.5, 0.6) is 0 Å². The van der Waals surface area contributed by atoms with Gasteiger partial charge in [-0.15, -0.1) is 10.2 Å². The van der Waals surface area contributed by atoms with Crippen LogP contribution in [0.1, 0.15) is 37.4 Å². The van der Waals surface area contributed by atoms with Crippen LogP contribution in [-0.2, 0) is 4.79 Å². The lowest BCUT2D eigenvalue weighted by Crippen LogP contribution is -2.26. The zero-order chi connectivity index (χ0) is 14.0. The molecule has 0 spiro atoms. The molecule has 0 atom stereocenters. The van der Waals surface area contributed by atoms with E-state index in [-0.39, 0.29) is 29.7 Å². The first-order valence-electron chi connectivity index (χ1n) is 5.82. The van der Waals surface area contributed by atoms with E-state index in [1.807, 2.05) is 0 Å². The van der Waals surface area contributed by atoms with Gasteiger partial charge in [-0.2, -0.15) is 0 Å². The average molecular weight is 292 g/mol. The number of aromatic nitrogens is 3. The average Bonchev–Trinajstić information content (AvgIpc) is 2.68. The van der Waals surface area contributed by atoms with Crippen LogP contribution in [0.4, 0.5) is 8.78 Å². The summed E-state index contributed by atoms with van der Waals surface area (Å²) in [6.45, 7) is 0. The summed E-state index contributed by atoms with van der Waals surface area (Å²) in [5.41, 5.74) is 0. The largest absolute Gasteiger partial charge is 0.481 e. The maximum atomic E-state index is 13.1. The number of hydrogen-bond donors (Lipinski definition) is 2. The molecule has 1 aliphatic rings. The van der Waals surface area contributed by atoms with Crippen LogP contribution < -0.4 is 5.84 Å². The summed E-state index contributed by atoms with van der Waals surface area (Å²) in [4.78, 5) is 10.5. The molecule has 1 aromatic rings. The van der Waals surface area contributed by atoms with Gasteiger partial charge in [0.2, 0.25) is 11.1 Å². The molecule has 1 heterocycles. The fourth-order valence-electron chi connectivity index (χ4n) is 2.09. The lowest BCUT2D eigenvalue weighted by atomic mass is 9.86. The Labute approximate surface area is 112 Å². The van der Waals surface area contributed by atoms with Crippen molar-refractivity contribution in [2.75, 3.05) is 11.6 Å². The van der Waals surface area contributed by atoms with Gasteiger partial charge in [-0.25, -0.2) is 13.5 Å². The minimum Gasteiger partial charge on any atom is -0.481 e. The summed E-state index contributed by atoms with van der Waals surface area (Å²) < 4.78 is 27.3. The second-order valence-corrected chi connectivity index (χ2v) is 5.47. The number of thioether (sulfide) groups is 1. The molecule has 0 saturated heterocycles. The van der Waals surface area contributed by atoms with Gasteiger partial charge >= 0.3 is 5.97 Å². The summed E-state index contributed by atoms with van der Waals surface area (Å²) >= 11 is 0.956. The fraction of sp³-hybridized carbons (Fsp3) is 0.700. The minimum atomic E-state index is -2.60. The highest BCUT2D eigenvalue weighted by Crippen LogP contribution is 2.40. The molecule has 1 fully saturated rings. The number of nitrogens with two attached hydrogens (primary N) is 1. The lowest BCUT2D eigenvalue weighted by molar-refractivity contribution is -0.133. The van der Waals surface area contributed by atoms with E-state index in [9.17, 15) is 13.6 Å². The van der Waals surface area contributed by atoms with Crippen molar-refractivity contribution in [1.82, 2.24) is 14.9 Å². The quantitative estimate of drug-likeness (QED) is 0.644. The number of nitrogens with zero attached hydrogens (tertiary/aromatic N) is 3. The maximum Gasteiger partial charge on any atom is 0.313 e. The topological polar surface area (TPSA) is 94.0 Å². The van der Waals surface area contributed by atoms with Gasteiger partial charge in [0.15, 0.2) is 5.82 Å². The van der Waals surface area contributed by atoms with E-state index < -0.39 is 11.9 Å². The molecular formula is C10H14F2N4O2S. The van der Waals surface area contributed by atoms with Crippen LogP contribution in [0.3, 0.4) is 0 Å². The van der Waals surface area contributed by atoms with Gasteiger partial charge in [-0.3, -0.25) is 4.79 Å². The van der Waals surface area contributed by atoms with Gasteiger partial charge in [0.05, 0.1) is 5.75 Å². The van der Waals surface area contributed by atoms with Crippen molar-refractivity contribution in [2.45, 2.75) is 42.7 Å². The minimum absolute atomic E-state index is 0.142. The standard InChI is InChI=1S/C10H14F2N4O2S/c11-10(12)3-1-6(2-4-10)8-14-15-9(16(8)13)19-5-7(17)18/h6H,1-5,13H2,(H,17,18). The Morgan fingerprint density at radius 2 is 2.11 bits per heavy atom. The van der Waals surface area contributed by atoms with Crippen LogP contribution in [0.25, 0.3) is 0 Å². The van der Waals surface area contributed by atoms with Gasteiger partial charge in [0.25, 0.3) is 0 Å². The van der Waals surface area contributed by atoms with Gasteiger partial charge in [-0.05, 0) is 12.8 Å². The van der Waals surface area contributed by atoms with E-state index >= 15 is 0 Å². The molecule has 0 amide bonds. The van der Waals surface area contributed by atoms with E-state index in [0.717, 1.165) is 11.8 Å². The predicted molar refractivity (Wildman–Crippen MR) is 64.7 cm³/mol. The second kappa shape index (κ2) is 5.32. The van der Waals surface area contributed by atoms with Gasteiger partial charge in [0.1, 0.15) is 0 Å². The highest BCUT2D eigenvalue weighted by Gasteiger charge is 2.37. The van der Waals surface area contributed by atoms with Crippen LogP contribution in [0.15, 0.2) is 5.16 Å². The number of carboxylic acid groups (broad SMARTS) is 1. The number of aliphatic carboxylic acids is 1. The first-order chi connectivity index (χ1) is 8.89. The first-order valence-corrected chi connectivity index (χ1v) is 6.80. The molecule has 106 valence electrons. The van der Waals surface area contributed by atoms with Gasteiger partial charge in [-0.1, -0.05) is 11.8 Å². The SMILES string of the molecule is Nn1c(SCC(=O)O)nnc1C1CCC(F)(F)CC1. The molecule has 0 radical (unpaired) electrons. The monoisotopic (exact) mass is 292 g/mol. The Morgan fingerprint density at radius 1 is 1.47 bits per heavy atom. The molecule has 3 N–H and O–H groups in total. The van der Waals surface area contributed by atoms with Crippen molar-refractivity contribution in [1.29, 1.82) is 0 Å². The molecular weight excluding hydrogens is 278 g/mol. The van der Waals surface area contributed by atoms with E-state index in [1.165, 1.54) is 4.68 Å². The Balaban J connectivity index is 2.04. The summed E-state index contributed by atoms with van der Waals surface area (Å²) in [6, 6.07) is 0. The van der Waals surface area contributed by atoms with Crippen molar-refractivity contribution in [3.8, 4) is 0 Å². The van der Waals surface area contributed by atoms with Gasteiger partial charge < -0.3 is 10.9 Å². The summed E-state index contributed by atoms with van der Waals surface area (Å²) in [7, 11) is 0. The van der Waals surface area contributed by atoms with E-state index in [2.05, 4.69) is 10.2 Å². The molecule has 1 aliphatic carbocycles. The molecule has 0 bridgehead atoms. The molecule has 0 unspecified atom stereocenters. The van der Waals surface area contributed by atoms with Crippen LogP contribution in [0, 0.1) is 0 Å². The normalized spacial score (nSPS) is 19.5. The zero-order valence-electron chi connectivity index (χ0n) is 10.1. The van der Waals surface area contributed by atoms with Crippen LogP contribution >= 0.6 is 11.8 Å². The van der Waals surface area contributed by atoms with E-state index in [4.69, 9.17) is 10.9 Å². The third-order valence-corrected chi connectivity index (χ3v) is 4.03. The summed E-state index contributed by atoms with van der Waals surface area (Å²) in [5.74, 6) is 2.33. The first kappa shape index (κ1) is 14.0. The van der Waals surface area contributed by atoms with Crippen molar-refractivity contribution in [2.24, 2.45) is 0 Å². The molecule has 1 saturated carbocycles. The van der Waals surface area contributed by atoms with Crippen molar-refractivity contribution < 1.29 is 18.7 Å². The fourth-order valence-corrected chi connectivity index (χ4v) is 2.67. The number of halogens is 2. The Bertz CT molecular complexity index is 470. The van der Waals surface area contributed by atoms with Crippen LogP contribution in [0.2, 0.25) is 0 Å². The molecule has 9 heteroatoms. The van der Waals surface area contributed by atoms with Crippen LogP contribution in [-0.4, -0.2) is 37.6 Å². The van der Waals surface area contributed by atoms with E-state index in [1.54, 1.807) is 0 Å². The predicted octanol–water partition coefficient (Wildman–Crippen LogP) is 1.46. The third kappa shape index (κ3) is 3.34. The third-order valence-electron chi connectivity index (χ3n) is 3.10. The number of hydrogen-bond acceptors (Lipinski definition) is 5. The number of rotatable bonds is 4. The molecule has 0 aromatic carbocycles. The summed E-state index contributed by atoms with van der Waals surface area (Å²) in [5, 5.41) is 16.6. The Hall–Kier alpha value is -1.38. The molecule has 19 heavy (non-hydrogen) atoms. The number of nitrogen functional groups attached to an aromatic ring is 1. The number of alkyl halides is 2. The van der Waals surface area contributed by atoms with Gasteiger partial charge in [0, 0.05) is 18.8 Å². The Kier molecular flexibility index (Phi) is 3.93. The highest BCUT2D eigenvalue weighted by atomic mass is 32.2. The molecule has 0 aliphatic heterocycles. The van der Waals surface area contributed by atoms with Crippen molar-refractivity contribution >= 4 is 17.7 Å². The van der Waals surface area contributed by atoms with E-state index in [0.29, 0.717) is 18.7 Å². The molecule has 1 aromatic heterocycles. The summed E-state index contributed by atoms with van der Waals surface area (Å²) in [6.07, 6.45) is 0.266. The maximum absolute atomic E-state index is 13.1.